The molecule has 1 saturated heterocycles. The van der Waals surface area contributed by atoms with Crippen molar-refractivity contribution in [1.82, 2.24) is 14.2 Å². The van der Waals surface area contributed by atoms with Crippen LogP contribution in [0.4, 0.5) is 13.2 Å². The highest BCUT2D eigenvalue weighted by molar-refractivity contribution is 7.89. The first-order valence-corrected chi connectivity index (χ1v) is 8.22. The van der Waals surface area contributed by atoms with Crippen molar-refractivity contribution in [3.8, 4) is 0 Å². The van der Waals surface area contributed by atoms with E-state index in [1.54, 1.807) is 0 Å². The highest BCUT2D eigenvalue weighted by Crippen LogP contribution is 2.21. The summed E-state index contributed by atoms with van der Waals surface area (Å²) in [5.41, 5.74) is 0.575. The molecule has 1 aliphatic rings. The zero-order chi connectivity index (χ0) is 15.7. The van der Waals surface area contributed by atoms with Crippen molar-refractivity contribution in [1.29, 1.82) is 0 Å². The number of alkyl halides is 4. The number of hydrogen-bond acceptors (Lipinski definition) is 3. The minimum absolute atomic E-state index is 0.0415. The molecule has 0 aromatic carbocycles. The van der Waals surface area contributed by atoms with E-state index in [1.807, 2.05) is 0 Å². The van der Waals surface area contributed by atoms with E-state index in [1.165, 1.54) is 21.5 Å². The number of aromatic nitrogens is 1. The second-order valence-corrected chi connectivity index (χ2v) is 6.99. The highest BCUT2D eigenvalue weighted by atomic mass is 35.5. The van der Waals surface area contributed by atoms with Crippen LogP contribution in [-0.2, 0) is 15.9 Å². The first-order chi connectivity index (χ1) is 9.72. The zero-order valence-corrected chi connectivity index (χ0v) is 12.6. The molecule has 0 bridgehead atoms. The minimum atomic E-state index is -4.27. The van der Waals surface area contributed by atoms with Crippen LogP contribution in [0.25, 0.3) is 0 Å². The highest BCUT2D eigenvalue weighted by Gasteiger charge is 2.35. The van der Waals surface area contributed by atoms with Gasteiger partial charge in [-0.15, -0.1) is 11.6 Å². The lowest BCUT2D eigenvalue weighted by molar-refractivity contribution is -0.148. The van der Waals surface area contributed by atoms with Crippen LogP contribution in [-0.4, -0.2) is 61.5 Å². The van der Waals surface area contributed by atoms with Crippen LogP contribution in [0, 0.1) is 0 Å². The molecule has 1 N–H and O–H groups in total. The summed E-state index contributed by atoms with van der Waals surface area (Å²) >= 11 is 5.60. The average molecular weight is 346 g/mol. The number of H-pyrrole nitrogens is 1. The normalized spacial score (nSPS) is 19.0. The van der Waals surface area contributed by atoms with E-state index in [2.05, 4.69) is 4.98 Å². The molecule has 21 heavy (non-hydrogen) atoms. The molecule has 0 aliphatic carbocycles. The molecular weight excluding hydrogens is 331 g/mol. The van der Waals surface area contributed by atoms with Crippen molar-refractivity contribution in [2.75, 3.05) is 32.7 Å². The first-order valence-electron chi connectivity index (χ1n) is 6.25. The summed E-state index contributed by atoms with van der Waals surface area (Å²) in [7, 11) is -3.68. The summed E-state index contributed by atoms with van der Waals surface area (Å²) in [6.07, 6.45) is -2.92. The van der Waals surface area contributed by atoms with Gasteiger partial charge in [-0.2, -0.15) is 17.5 Å². The van der Waals surface area contributed by atoms with Gasteiger partial charge < -0.3 is 4.98 Å². The molecule has 0 radical (unpaired) electrons. The van der Waals surface area contributed by atoms with Crippen molar-refractivity contribution in [2.24, 2.45) is 0 Å². The third kappa shape index (κ3) is 4.12. The Hall–Kier alpha value is -0.770. The molecule has 1 aromatic rings. The molecule has 0 amide bonds. The van der Waals surface area contributed by atoms with Crippen LogP contribution in [0.5, 0.6) is 0 Å². The topological polar surface area (TPSA) is 56.4 Å². The summed E-state index contributed by atoms with van der Waals surface area (Å²) in [5, 5.41) is 0. The molecule has 10 heteroatoms. The van der Waals surface area contributed by atoms with Crippen molar-refractivity contribution < 1.29 is 21.6 Å². The lowest BCUT2D eigenvalue weighted by Gasteiger charge is -2.34. The Balaban J connectivity index is 2.01. The first kappa shape index (κ1) is 16.6. The van der Waals surface area contributed by atoms with Gasteiger partial charge in [0.15, 0.2) is 0 Å². The van der Waals surface area contributed by atoms with E-state index < -0.39 is 22.7 Å². The number of halogens is 4. The standard InChI is InChI=1S/C11H15ClF3N3O2S/c12-6-9-5-10(7-16-9)21(19,20)18-3-1-17(2-4-18)8-11(13,14)15/h5,7,16H,1-4,6,8H2. The Labute approximate surface area is 125 Å². The maximum Gasteiger partial charge on any atom is 0.401 e. The third-order valence-corrected chi connectivity index (χ3v) is 5.40. The Morgan fingerprint density at radius 3 is 2.33 bits per heavy atom. The summed E-state index contributed by atoms with van der Waals surface area (Å²) in [5.74, 6) is 0.162. The van der Waals surface area contributed by atoms with Gasteiger partial charge in [-0.3, -0.25) is 4.90 Å². The second kappa shape index (κ2) is 6.15. The van der Waals surface area contributed by atoms with E-state index >= 15 is 0 Å². The average Bonchev–Trinajstić information content (AvgIpc) is 2.87. The number of nitrogens with zero attached hydrogens (tertiary/aromatic N) is 2. The van der Waals surface area contributed by atoms with Gasteiger partial charge in [0.1, 0.15) is 0 Å². The number of aromatic amines is 1. The smallest absolute Gasteiger partial charge is 0.363 e. The van der Waals surface area contributed by atoms with E-state index in [4.69, 9.17) is 11.6 Å². The van der Waals surface area contributed by atoms with Crippen LogP contribution in [0.2, 0.25) is 0 Å². The fourth-order valence-electron chi connectivity index (χ4n) is 2.18. The molecule has 0 atom stereocenters. The molecule has 1 aliphatic heterocycles. The largest absolute Gasteiger partial charge is 0.401 e. The molecule has 5 nitrogen and oxygen atoms in total. The van der Waals surface area contributed by atoms with Crippen LogP contribution in [0.1, 0.15) is 5.69 Å². The Bertz CT molecular complexity index is 580. The molecule has 1 fully saturated rings. The molecule has 2 heterocycles. The van der Waals surface area contributed by atoms with Crippen molar-refractivity contribution >= 4 is 21.6 Å². The third-order valence-electron chi connectivity index (χ3n) is 3.23. The number of nitrogens with one attached hydrogen (secondary N) is 1. The fraction of sp³-hybridized carbons (Fsp3) is 0.636. The maximum atomic E-state index is 12.3. The Morgan fingerprint density at radius 2 is 1.86 bits per heavy atom. The van der Waals surface area contributed by atoms with E-state index in [0.717, 1.165) is 0 Å². The Morgan fingerprint density at radius 1 is 1.24 bits per heavy atom. The molecule has 0 saturated carbocycles. The number of piperazine rings is 1. The lowest BCUT2D eigenvalue weighted by atomic mass is 10.3. The molecule has 1 aromatic heterocycles. The molecular formula is C11H15ClF3N3O2S. The van der Waals surface area contributed by atoms with Gasteiger partial charge in [0, 0.05) is 38.1 Å². The quantitative estimate of drug-likeness (QED) is 0.844. The molecule has 0 spiro atoms. The van der Waals surface area contributed by atoms with Crippen molar-refractivity contribution in [2.45, 2.75) is 17.0 Å². The maximum absolute atomic E-state index is 12.3. The fourth-order valence-corrected chi connectivity index (χ4v) is 3.77. The summed E-state index contributed by atoms with van der Waals surface area (Å²) in [4.78, 5) is 4.03. The van der Waals surface area contributed by atoms with Crippen molar-refractivity contribution in [3.05, 3.63) is 18.0 Å². The predicted octanol–water partition coefficient (Wildman–Crippen LogP) is 1.62. The van der Waals surface area contributed by atoms with Crippen LogP contribution in [0.15, 0.2) is 17.2 Å². The van der Waals surface area contributed by atoms with Gasteiger partial charge in [0.25, 0.3) is 0 Å². The molecule has 2 rings (SSSR count). The van der Waals surface area contributed by atoms with Gasteiger partial charge in [-0.25, -0.2) is 8.42 Å². The summed E-state index contributed by atoms with van der Waals surface area (Å²) < 4.78 is 62.7. The van der Waals surface area contributed by atoms with Gasteiger partial charge >= 0.3 is 6.18 Å². The Kier molecular flexibility index (Phi) is 4.86. The van der Waals surface area contributed by atoms with Crippen molar-refractivity contribution in [3.63, 3.8) is 0 Å². The van der Waals surface area contributed by atoms with Crippen LogP contribution < -0.4 is 0 Å². The summed E-state index contributed by atoms with van der Waals surface area (Å²) in [6, 6.07) is 1.43. The number of sulfonamides is 1. The molecule has 0 unspecified atom stereocenters. The van der Waals surface area contributed by atoms with E-state index in [-0.39, 0.29) is 37.0 Å². The lowest BCUT2D eigenvalue weighted by Crippen LogP contribution is -2.50. The number of hydrogen-bond donors (Lipinski definition) is 1. The number of rotatable bonds is 4. The van der Waals surface area contributed by atoms with Gasteiger partial charge in [0.2, 0.25) is 10.0 Å². The monoisotopic (exact) mass is 345 g/mol. The summed E-state index contributed by atoms with van der Waals surface area (Å²) in [6.45, 7) is -0.807. The van der Waals surface area contributed by atoms with E-state index in [0.29, 0.717) is 5.69 Å². The SMILES string of the molecule is O=S(=O)(c1c[nH]c(CCl)c1)N1CCN(CC(F)(F)F)CC1. The van der Waals surface area contributed by atoms with E-state index in [9.17, 15) is 21.6 Å². The molecule has 120 valence electrons. The van der Waals surface area contributed by atoms with Crippen LogP contribution >= 0.6 is 11.6 Å². The zero-order valence-electron chi connectivity index (χ0n) is 11.0. The minimum Gasteiger partial charge on any atom is -0.363 e. The van der Waals surface area contributed by atoms with Gasteiger partial charge in [0.05, 0.1) is 17.3 Å². The van der Waals surface area contributed by atoms with Crippen LogP contribution in [0.3, 0.4) is 0 Å². The second-order valence-electron chi connectivity index (χ2n) is 4.79. The van der Waals surface area contributed by atoms with Gasteiger partial charge in [-0.1, -0.05) is 0 Å². The van der Waals surface area contributed by atoms with Gasteiger partial charge in [-0.05, 0) is 6.07 Å². The predicted molar refractivity (Wildman–Crippen MR) is 71.6 cm³/mol.